The number of sulfonamides is 1. The van der Waals surface area contributed by atoms with Crippen LogP contribution in [0.4, 0.5) is 0 Å². The molecule has 18 heavy (non-hydrogen) atoms. The summed E-state index contributed by atoms with van der Waals surface area (Å²) in [5, 5.41) is 10.2. The first-order valence-corrected chi connectivity index (χ1v) is 7.54. The molecule has 6 heteroatoms. The Kier molecular flexibility index (Phi) is 3.70. The largest absolute Gasteiger partial charge is 0.389 e. The van der Waals surface area contributed by atoms with E-state index in [1.54, 1.807) is 6.07 Å². The van der Waals surface area contributed by atoms with Gasteiger partial charge in [-0.25, -0.2) is 8.42 Å². The number of aliphatic hydroxyl groups is 1. The second kappa shape index (κ2) is 4.95. The normalized spacial score (nSPS) is 26.1. The van der Waals surface area contributed by atoms with E-state index in [0.717, 1.165) is 0 Å². The summed E-state index contributed by atoms with van der Waals surface area (Å²) < 4.78 is 26.1. The van der Waals surface area contributed by atoms with Crippen molar-refractivity contribution in [3.63, 3.8) is 0 Å². The third-order valence-corrected chi connectivity index (χ3v) is 5.28. The molecule has 0 spiro atoms. The van der Waals surface area contributed by atoms with Crippen LogP contribution < -0.4 is 0 Å². The monoisotopic (exact) mass is 270 g/mol. The number of hydrogen-bond donors (Lipinski definition) is 1. The molecule has 0 bridgehead atoms. The van der Waals surface area contributed by atoms with Crippen LogP contribution >= 0.6 is 0 Å². The van der Waals surface area contributed by atoms with Gasteiger partial charge in [-0.05, 0) is 31.4 Å². The van der Waals surface area contributed by atoms with Crippen molar-refractivity contribution in [2.45, 2.75) is 36.7 Å². The highest BCUT2D eigenvalue weighted by Gasteiger charge is 2.37. The minimum atomic E-state index is -3.53. The summed E-state index contributed by atoms with van der Waals surface area (Å²) in [6, 6.07) is 3.13. The van der Waals surface area contributed by atoms with Crippen molar-refractivity contribution in [1.29, 1.82) is 0 Å². The van der Waals surface area contributed by atoms with E-state index >= 15 is 0 Å². The number of piperidine rings is 1. The molecule has 0 radical (unpaired) electrons. The van der Waals surface area contributed by atoms with Crippen LogP contribution in [-0.4, -0.2) is 41.5 Å². The Morgan fingerprint density at radius 3 is 2.94 bits per heavy atom. The van der Waals surface area contributed by atoms with E-state index < -0.39 is 15.6 Å². The molecule has 0 saturated carbocycles. The van der Waals surface area contributed by atoms with Crippen molar-refractivity contribution in [1.82, 2.24) is 9.29 Å². The topological polar surface area (TPSA) is 70.5 Å². The van der Waals surface area contributed by atoms with Crippen molar-refractivity contribution < 1.29 is 13.5 Å². The number of hydrogen-bond acceptors (Lipinski definition) is 4. The lowest BCUT2D eigenvalue weighted by atomic mass is 9.92. The SMILES string of the molecule is CCC1(O)CCCN(S(=O)(=O)c2cccnc2)C1. The van der Waals surface area contributed by atoms with Crippen molar-refractivity contribution in [2.24, 2.45) is 0 Å². The van der Waals surface area contributed by atoms with Gasteiger partial charge >= 0.3 is 0 Å². The van der Waals surface area contributed by atoms with Crippen molar-refractivity contribution >= 4 is 10.0 Å². The van der Waals surface area contributed by atoms with Crippen LogP contribution in [-0.2, 0) is 10.0 Å². The first-order chi connectivity index (χ1) is 8.48. The first kappa shape index (κ1) is 13.5. The van der Waals surface area contributed by atoms with Crippen LogP contribution in [0, 0.1) is 0 Å². The molecule has 2 rings (SSSR count). The molecule has 2 heterocycles. The van der Waals surface area contributed by atoms with Crippen LogP contribution in [0.1, 0.15) is 26.2 Å². The number of aromatic nitrogens is 1. The van der Waals surface area contributed by atoms with Gasteiger partial charge in [-0.15, -0.1) is 0 Å². The Morgan fingerprint density at radius 2 is 2.33 bits per heavy atom. The quantitative estimate of drug-likeness (QED) is 0.889. The van der Waals surface area contributed by atoms with Crippen LogP contribution in [0.15, 0.2) is 29.4 Å². The van der Waals surface area contributed by atoms with Gasteiger partial charge < -0.3 is 5.11 Å². The van der Waals surface area contributed by atoms with E-state index in [1.807, 2.05) is 6.92 Å². The molecule has 0 aromatic carbocycles. The summed E-state index contributed by atoms with van der Waals surface area (Å²) >= 11 is 0. The smallest absolute Gasteiger partial charge is 0.244 e. The van der Waals surface area contributed by atoms with Crippen LogP contribution in [0.3, 0.4) is 0 Å². The van der Waals surface area contributed by atoms with Crippen molar-refractivity contribution in [2.75, 3.05) is 13.1 Å². The maximum absolute atomic E-state index is 12.4. The maximum Gasteiger partial charge on any atom is 0.244 e. The van der Waals surface area contributed by atoms with E-state index in [9.17, 15) is 13.5 Å². The molecule has 0 aliphatic carbocycles. The Hall–Kier alpha value is -0.980. The molecule has 1 fully saturated rings. The van der Waals surface area contributed by atoms with Gasteiger partial charge in [0.2, 0.25) is 10.0 Å². The van der Waals surface area contributed by atoms with Gasteiger partial charge in [-0.3, -0.25) is 4.98 Å². The Labute approximate surface area is 108 Å². The Bertz CT molecular complexity index is 503. The van der Waals surface area contributed by atoms with Gasteiger partial charge in [0, 0.05) is 25.5 Å². The lowest BCUT2D eigenvalue weighted by molar-refractivity contribution is -0.0107. The zero-order chi connectivity index (χ0) is 13.2. The minimum absolute atomic E-state index is 0.167. The highest BCUT2D eigenvalue weighted by Crippen LogP contribution is 2.28. The summed E-state index contributed by atoms with van der Waals surface area (Å²) in [5.41, 5.74) is -0.895. The molecule has 100 valence electrons. The summed E-state index contributed by atoms with van der Waals surface area (Å²) in [7, 11) is -3.53. The molecule has 1 saturated heterocycles. The third-order valence-electron chi connectivity index (χ3n) is 3.45. The molecule has 1 N–H and O–H groups in total. The van der Waals surface area contributed by atoms with Gasteiger partial charge in [0.25, 0.3) is 0 Å². The Morgan fingerprint density at radius 1 is 1.56 bits per heavy atom. The molecule has 1 aliphatic rings. The number of nitrogens with zero attached hydrogens (tertiary/aromatic N) is 2. The lowest BCUT2D eigenvalue weighted by Crippen LogP contribution is -2.49. The summed E-state index contributed by atoms with van der Waals surface area (Å²) in [6.07, 6.45) is 4.78. The summed E-state index contributed by atoms with van der Waals surface area (Å²) in [4.78, 5) is 4.02. The fourth-order valence-electron chi connectivity index (χ4n) is 2.21. The number of rotatable bonds is 3. The van der Waals surface area contributed by atoms with Crippen LogP contribution in [0.25, 0.3) is 0 Å². The van der Waals surface area contributed by atoms with Gasteiger partial charge in [0.05, 0.1) is 5.60 Å². The average Bonchev–Trinajstić information content (AvgIpc) is 2.40. The van der Waals surface area contributed by atoms with E-state index in [-0.39, 0.29) is 11.4 Å². The van der Waals surface area contributed by atoms with Gasteiger partial charge in [-0.2, -0.15) is 4.31 Å². The molecular weight excluding hydrogens is 252 g/mol. The molecule has 1 unspecified atom stereocenters. The molecule has 1 aromatic heterocycles. The zero-order valence-electron chi connectivity index (χ0n) is 10.4. The molecule has 1 atom stereocenters. The second-order valence-electron chi connectivity index (χ2n) is 4.71. The van der Waals surface area contributed by atoms with E-state index in [0.29, 0.717) is 25.8 Å². The number of pyridine rings is 1. The fraction of sp³-hybridized carbons (Fsp3) is 0.583. The Balaban J connectivity index is 2.26. The third kappa shape index (κ3) is 2.55. The summed E-state index contributed by atoms with van der Waals surface area (Å²) in [5.74, 6) is 0. The fourth-order valence-corrected chi connectivity index (χ4v) is 3.74. The average molecular weight is 270 g/mol. The molecule has 1 aliphatic heterocycles. The van der Waals surface area contributed by atoms with Crippen molar-refractivity contribution in [3.05, 3.63) is 24.5 Å². The lowest BCUT2D eigenvalue weighted by Gasteiger charge is -2.37. The highest BCUT2D eigenvalue weighted by molar-refractivity contribution is 7.89. The zero-order valence-corrected chi connectivity index (χ0v) is 11.2. The predicted octanol–water partition coefficient (Wildman–Crippen LogP) is 1.01. The molecule has 5 nitrogen and oxygen atoms in total. The van der Waals surface area contributed by atoms with E-state index in [4.69, 9.17) is 0 Å². The van der Waals surface area contributed by atoms with E-state index in [1.165, 1.54) is 22.8 Å². The molecular formula is C12H18N2O3S. The minimum Gasteiger partial charge on any atom is -0.389 e. The standard InChI is InChI=1S/C12H18N2O3S/c1-2-12(15)6-4-8-14(10-12)18(16,17)11-5-3-7-13-9-11/h3,5,7,9,15H,2,4,6,8,10H2,1H3. The van der Waals surface area contributed by atoms with Crippen LogP contribution in [0.2, 0.25) is 0 Å². The number of β-amino-alcohol motifs (C(OH)–C–C–N with tert-alkyl or cyclic N) is 1. The van der Waals surface area contributed by atoms with Crippen molar-refractivity contribution in [3.8, 4) is 0 Å². The molecule has 1 aromatic rings. The van der Waals surface area contributed by atoms with Gasteiger partial charge in [0.1, 0.15) is 4.90 Å². The first-order valence-electron chi connectivity index (χ1n) is 6.10. The second-order valence-corrected chi connectivity index (χ2v) is 6.65. The van der Waals surface area contributed by atoms with Gasteiger partial charge in [0.15, 0.2) is 0 Å². The predicted molar refractivity (Wildman–Crippen MR) is 67.5 cm³/mol. The summed E-state index contributed by atoms with van der Waals surface area (Å²) in [6.45, 7) is 2.50. The van der Waals surface area contributed by atoms with E-state index in [2.05, 4.69) is 4.98 Å². The van der Waals surface area contributed by atoms with Gasteiger partial charge in [-0.1, -0.05) is 6.92 Å². The highest BCUT2D eigenvalue weighted by atomic mass is 32.2. The maximum atomic E-state index is 12.4. The van der Waals surface area contributed by atoms with Crippen LogP contribution in [0.5, 0.6) is 0 Å². The molecule has 0 amide bonds.